The highest BCUT2D eigenvalue weighted by Gasteiger charge is 2.23. The van der Waals surface area contributed by atoms with Crippen LogP contribution < -0.4 is 4.72 Å². The van der Waals surface area contributed by atoms with Gasteiger partial charge in [0.2, 0.25) is 10.0 Å². The van der Waals surface area contributed by atoms with Crippen molar-refractivity contribution in [2.45, 2.75) is 31.2 Å². The molecule has 0 saturated heterocycles. The standard InChI is InChI=1S/C12H17ClFNO3S/c1-8(2)5-10(7-16)15-19(17,18)12-6-9(13)3-4-11(12)14/h3-4,6,8,10,15-16H,5,7H2,1-2H3/t10-/m0/s1. The van der Waals surface area contributed by atoms with Gasteiger partial charge in [-0.3, -0.25) is 0 Å². The van der Waals surface area contributed by atoms with E-state index in [9.17, 15) is 12.8 Å². The topological polar surface area (TPSA) is 66.4 Å². The number of hydrogen-bond acceptors (Lipinski definition) is 3. The van der Waals surface area contributed by atoms with Crippen LogP contribution in [-0.4, -0.2) is 26.2 Å². The van der Waals surface area contributed by atoms with Gasteiger partial charge in [0, 0.05) is 11.1 Å². The molecule has 7 heteroatoms. The highest BCUT2D eigenvalue weighted by atomic mass is 35.5. The Hall–Kier alpha value is -0.690. The Morgan fingerprint density at radius 2 is 2.05 bits per heavy atom. The van der Waals surface area contributed by atoms with E-state index in [2.05, 4.69) is 4.72 Å². The Kier molecular flexibility index (Phi) is 5.73. The molecule has 4 nitrogen and oxygen atoms in total. The van der Waals surface area contributed by atoms with E-state index >= 15 is 0 Å². The Bertz CT molecular complexity index is 534. The maximum absolute atomic E-state index is 13.5. The summed E-state index contributed by atoms with van der Waals surface area (Å²) in [5.74, 6) is -0.679. The molecule has 1 aromatic rings. The van der Waals surface area contributed by atoms with Gasteiger partial charge in [-0.05, 0) is 30.5 Å². The second-order valence-corrected chi connectivity index (χ2v) is 6.82. The quantitative estimate of drug-likeness (QED) is 0.846. The van der Waals surface area contributed by atoms with Gasteiger partial charge in [-0.25, -0.2) is 17.5 Å². The lowest BCUT2D eigenvalue weighted by molar-refractivity contribution is 0.240. The fourth-order valence-electron chi connectivity index (χ4n) is 1.69. The second kappa shape index (κ2) is 6.65. The molecule has 0 heterocycles. The fourth-order valence-corrected chi connectivity index (χ4v) is 3.28. The van der Waals surface area contributed by atoms with Gasteiger partial charge >= 0.3 is 0 Å². The maximum Gasteiger partial charge on any atom is 0.243 e. The lowest BCUT2D eigenvalue weighted by atomic mass is 10.1. The third kappa shape index (κ3) is 4.72. The van der Waals surface area contributed by atoms with Gasteiger partial charge in [0.15, 0.2) is 0 Å². The second-order valence-electron chi connectivity index (χ2n) is 4.71. The van der Waals surface area contributed by atoms with E-state index in [1.165, 1.54) is 6.07 Å². The highest BCUT2D eigenvalue weighted by molar-refractivity contribution is 7.89. The third-order valence-corrected chi connectivity index (χ3v) is 4.25. The molecule has 19 heavy (non-hydrogen) atoms. The van der Waals surface area contributed by atoms with Gasteiger partial charge in [-0.2, -0.15) is 0 Å². The van der Waals surface area contributed by atoms with Crippen molar-refractivity contribution in [2.24, 2.45) is 5.92 Å². The minimum atomic E-state index is -4.04. The molecule has 0 spiro atoms. The first-order chi connectivity index (χ1) is 8.76. The van der Waals surface area contributed by atoms with Gasteiger partial charge < -0.3 is 5.11 Å². The molecule has 0 aliphatic heterocycles. The van der Waals surface area contributed by atoms with Crippen LogP contribution in [0.3, 0.4) is 0 Å². The van der Waals surface area contributed by atoms with Crippen LogP contribution in [0.15, 0.2) is 23.1 Å². The maximum atomic E-state index is 13.5. The Morgan fingerprint density at radius 1 is 1.42 bits per heavy atom. The monoisotopic (exact) mass is 309 g/mol. The number of hydrogen-bond donors (Lipinski definition) is 2. The van der Waals surface area contributed by atoms with Crippen molar-refractivity contribution in [2.75, 3.05) is 6.61 Å². The normalized spacial score (nSPS) is 13.8. The Balaban J connectivity index is 3.00. The molecule has 0 saturated carbocycles. The summed E-state index contributed by atoms with van der Waals surface area (Å²) in [5.41, 5.74) is 0. The minimum absolute atomic E-state index is 0.131. The molecule has 0 aliphatic carbocycles. The zero-order valence-electron chi connectivity index (χ0n) is 10.7. The first-order valence-electron chi connectivity index (χ1n) is 5.84. The summed E-state index contributed by atoms with van der Waals surface area (Å²) in [4.78, 5) is -0.512. The fraction of sp³-hybridized carbons (Fsp3) is 0.500. The third-order valence-electron chi connectivity index (χ3n) is 2.48. The number of aliphatic hydroxyl groups excluding tert-OH is 1. The summed E-state index contributed by atoms with van der Waals surface area (Å²) < 4.78 is 39.9. The smallest absolute Gasteiger partial charge is 0.243 e. The molecule has 0 radical (unpaired) electrons. The summed E-state index contributed by atoms with van der Waals surface area (Å²) in [5, 5.41) is 9.29. The van der Waals surface area contributed by atoms with Crippen LogP contribution in [0.1, 0.15) is 20.3 Å². The lowest BCUT2D eigenvalue weighted by Gasteiger charge is -2.18. The van der Waals surface area contributed by atoms with Crippen molar-refractivity contribution in [1.82, 2.24) is 4.72 Å². The zero-order chi connectivity index (χ0) is 14.6. The summed E-state index contributed by atoms with van der Waals surface area (Å²) in [6, 6.07) is 2.66. The van der Waals surface area contributed by atoms with E-state index in [1.54, 1.807) is 0 Å². The predicted molar refractivity (Wildman–Crippen MR) is 72.1 cm³/mol. The highest BCUT2D eigenvalue weighted by Crippen LogP contribution is 2.20. The molecule has 0 bridgehead atoms. The van der Waals surface area contributed by atoms with Crippen molar-refractivity contribution in [3.63, 3.8) is 0 Å². The van der Waals surface area contributed by atoms with Crippen LogP contribution in [-0.2, 0) is 10.0 Å². The Labute approximate surface area is 117 Å². The number of benzene rings is 1. The largest absolute Gasteiger partial charge is 0.395 e. The molecule has 0 amide bonds. The molecule has 2 N–H and O–H groups in total. The molecule has 1 aromatic carbocycles. The summed E-state index contributed by atoms with van der Waals surface area (Å²) in [7, 11) is -4.04. The van der Waals surface area contributed by atoms with Crippen molar-refractivity contribution in [3.05, 3.63) is 29.0 Å². The number of sulfonamides is 1. The van der Waals surface area contributed by atoms with Crippen molar-refractivity contribution >= 4 is 21.6 Å². The van der Waals surface area contributed by atoms with E-state index in [-0.39, 0.29) is 17.5 Å². The van der Waals surface area contributed by atoms with Gasteiger partial charge in [0.1, 0.15) is 10.7 Å². The van der Waals surface area contributed by atoms with E-state index in [0.717, 1.165) is 12.1 Å². The van der Waals surface area contributed by atoms with Crippen molar-refractivity contribution in [1.29, 1.82) is 0 Å². The molecular formula is C12H17ClFNO3S. The van der Waals surface area contributed by atoms with Crippen LogP contribution in [0.4, 0.5) is 4.39 Å². The van der Waals surface area contributed by atoms with Crippen LogP contribution in [0.2, 0.25) is 5.02 Å². The van der Waals surface area contributed by atoms with Gasteiger partial charge in [0.25, 0.3) is 0 Å². The molecule has 1 rings (SSSR count). The predicted octanol–water partition coefficient (Wildman–Crippen LogP) is 2.16. The van der Waals surface area contributed by atoms with Crippen LogP contribution in [0, 0.1) is 11.7 Å². The summed E-state index contributed by atoms with van der Waals surface area (Å²) >= 11 is 5.67. The van der Waals surface area contributed by atoms with Gasteiger partial charge in [-0.1, -0.05) is 25.4 Å². The SMILES string of the molecule is CC(C)C[C@@H](CO)NS(=O)(=O)c1cc(Cl)ccc1F. The van der Waals surface area contributed by atoms with Gasteiger partial charge in [0.05, 0.1) is 6.61 Å². The van der Waals surface area contributed by atoms with Crippen molar-refractivity contribution < 1.29 is 17.9 Å². The van der Waals surface area contributed by atoms with E-state index in [1.807, 2.05) is 13.8 Å². The lowest BCUT2D eigenvalue weighted by Crippen LogP contribution is -2.38. The molecule has 0 fully saturated rings. The average molecular weight is 310 g/mol. The molecular weight excluding hydrogens is 293 g/mol. The minimum Gasteiger partial charge on any atom is -0.395 e. The molecule has 0 aliphatic rings. The summed E-state index contributed by atoms with van der Waals surface area (Å²) in [6.07, 6.45) is 0.456. The summed E-state index contributed by atoms with van der Waals surface area (Å²) in [6.45, 7) is 3.45. The van der Waals surface area contributed by atoms with Crippen molar-refractivity contribution in [3.8, 4) is 0 Å². The zero-order valence-corrected chi connectivity index (χ0v) is 12.3. The van der Waals surface area contributed by atoms with Gasteiger partial charge in [-0.15, -0.1) is 0 Å². The molecule has 0 aromatic heterocycles. The number of aliphatic hydroxyl groups is 1. The number of nitrogens with one attached hydrogen (secondary N) is 1. The first kappa shape index (κ1) is 16.4. The number of rotatable bonds is 6. The average Bonchev–Trinajstić information content (AvgIpc) is 2.30. The molecule has 0 unspecified atom stereocenters. The van der Waals surface area contributed by atoms with E-state index < -0.39 is 26.8 Å². The first-order valence-corrected chi connectivity index (χ1v) is 7.70. The van der Waals surface area contributed by atoms with Crippen LogP contribution >= 0.6 is 11.6 Å². The number of halogens is 2. The molecule has 108 valence electrons. The van der Waals surface area contributed by atoms with E-state index in [4.69, 9.17) is 16.7 Å². The van der Waals surface area contributed by atoms with Crippen LogP contribution in [0.25, 0.3) is 0 Å². The molecule has 1 atom stereocenters. The van der Waals surface area contributed by atoms with Crippen LogP contribution in [0.5, 0.6) is 0 Å². The van der Waals surface area contributed by atoms with E-state index in [0.29, 0.717) is 6.42 Å². The Morgan fingerprint density at radius 3 is 2.58 bits per heavy atom.